The smallest absolute Gasteiger partial charge is 0.241 e. The Labute approximate surface area is 130 Å². The minimum Gasteiger partial charge on any atom is -0.322 e. The predicted molar refractivity (Wildman–Crippen MR) is 84.0 cm³/mol. The minimum atomic E-state index is -0.472. The van der Waals surface area contributed by atoms with Gasteiger partial charge in [-0.25, -0.2) is 4.39 Å². The molecule has 5 heteroatoms. The van der Waals surface area contributed by atoms with E-state index in [9.17, 15) is 9.18 Å². The lowest BCUT2D eigenvalue weighted by Gasteiger charge is -2.38. The zero-order valence-corrected chi connectivity index (χ0v) is 13.5. The van der Waals surface area contributed by atoms with Gasteiger partial charge >= 0.3 is 0 Å². The number of nitrogens with one attached hydrogen (secondary N) is 1. The molecule has 1 N–H and O–H groups in total. The number of halogens is 2. The molecule has 0 aliphatic carbocycles. The molecule has 3 unspecified atom stereocenters. The molecule has 1 saturated heterocycles. The highest BCUT2D eigenvalue weighted by Gasteiger charge is 2.29. The lowest BCUT2D eigenvalue weighted by atomic mass is 9.91. The molecule has 1 amide bonds. The maximum Gasteiger partial charge on any atom is 0.241 e. The molecule has 3 atom stereocenters. The molecule has 3 nitrogen and oxygen atoms in total. The normalized spacial score (nSPS) is 24.6. The number of benzene rings is 1. The highest BCUT2D eigenvalue weighted by Crippen LogP contribution is 2.24. The van der Waals surface area contributed by atoms with Gasteiger partial charge in [-0.2, -0.15) is 0 Å². The van der Waals surface area contributed by atoms with E-state index in [1.165, 1.54) is 24.6 Å². The lowest BCUT2D eigenvalue weighted by Crippen LogP contribution is -2.48. The fourth-order valence-corrected chi connectivity index (χ4v) is 3.20. The van der Waals surface area contributed by atoms with Crippen LogP contribution in [0.4, 0.5) is 10.1 Å². The first-order valence-corrected chi connectivity index (χ1v) is 7.74. The van der Waals surface area contributed by atoms with Crippen molar-refractivity contribution in [3.63, 3.8) is 0 Å². The number of nitrogens with zero attached hydrogens (tertiary/aromatic N) is 1. The van der Waals surface area contributed by atoms with Gasteiger partial charge in [-0.05, 0) is 43.4 Å². The van der Waals surface area contributed by atoms with Gasteiger partial charge in [0.15, 0.2) is 0 Å². The van der Waals surface area contributed by atoms with Crippen LogP contribution in [0.15, 0.2) is 18.2 Å². The average Bonchev–Trinajstić information content (AvgIpc) is 2.41. The van der Waals surface area contributed by atoms with Gasteiger partial charge in [-0.1, -0.05) is 25.4 Å². The van der Waals surface area contributed by atoms with Crippen molar-refractivity contribution in [3.8, 4) is 0 Å². The van der Waals surface area contributed by atoms with Gasteiger partial charge in [0.2, 0.25) is 5.91 Å². The monoisotopic (exact) mass is 312 g/mol. The minimum absolute atomic E-state index is 0.137. The number of rotatable bonds is 3. The molecular weight excluding hydrogens is 291 g/mol. The lowest BCUT2D eigenvalue weighted by molar-refractivity contribution is -0.121. The fraction of sp³-hybridized carbons (Fsp3) is 0.562. The quantitative estimate of drug-likeness (QED) is 0.921. The average molecular weight is 313 g/mol. The Morgan fingerprint density at radius 1 is 1.38 bits per heavy atom. The van der Waals surface area contributed by atoms with Crippen molar-refractivity contribution in [2.24, 2.45) is 11.8 Å². The first-order chi connectivity index (χ1) is 9.86. The molecule has 1 aliphatic rings. The van der Waals surface area contributed by atoms with E-state index in [-0.39, 0.29) is 17.6 Å². The second-order valence-electron chi connectivity index (χ2n) is 6.19. The fourth-order valence-electron chi connectivity index (χ4n) is 3.02. The summed E-state index contributed by atoms with van der Waals surface area (Å²) < 4.78 is 13.7. The van der Waals surface area contributed by atoms with Crippen LogP contribution in [0.3, 0.4) is 0 Å². The third-order valence-electron chi connectivity index (χ3n) is 4.01. The third-order valence-corrected chi connectivity index (χ3v) is 4.25. The Morgan fingerprint density at radius 3 is 2.62 bits per heavy atom. The van der Waals surface area contributed by atoms with E-state index in [4.69, 9.17) is 11.6 Å². The Hall–Kier alpha value is -1.13. The summed E-state index contributed by atoms with van der Waals surface area (Å²) >= 11 is 5.84. The van der Waals surface area contributed by atoms with Crippen LogP contribution in [-0.4, -0.2) is 29.9 Å². The number of amides is 1. The third kappa shape index (κ3) is 4.17. The molecule has 2 rings (SSSR count). The second-order valence-corrected chi connectivity index (χ2v) is 6.63. The maximum atomic E-state index is 13.7. The van der Waals surface area contributed by atoms with Crippen molar-refractivity contribution >= 4 is 23.2 Å². The van der Waals surface area contributed by atoms with Crippen molar-refractivity contribution < 1.29 is 9.18 Å². The van der Waals surface area contributed by atoms with Crippen LogP contribution in [0.5, 0.6) is 0 Å². The molecule has 0 bridgehead atoms. The van der Waals surface area contributed by atoms with Gasteiger partial charge in [0.1, 0.15) is 5.82 Å². The maximum absolute atomic E-state index is 13.7. The molecule has 0 aromatic heterocycles. The molecule has 0 saturated carbocycles. The molecule has 1 aliphatic heterocycles. The van der Waals surface area contributed by atoms with Crippen LogP contribution in [0.25, 0.3) is 0 Å². The summed E-state index contributed by atoms with van der Waals surface area (Å²) in [5.41, 5.74) is 0.137. The van der Waals surface area contributed by atoms with Crippen molar-refractivity contribution in [2.45, 2.75) is 33.2 Å². The zero-order chi connectivity index (χ0) is 15.6. The zero-order valence-electron chi connectivity index (χ0n) is 12.7. The molecule has 1 heterocycles. The molecule has 0 spiro atoms. The van der Waals surface area contributed by atoms with Crippen molar-refractivity contribution in [1.82, 2.24) is 4.90 Å². The molecular formula is C16H22ClFN2O. The van der Waals surface area contributed by atoms with Crippen molar-refractivity contribution in [3.05, 3.63) is 29.0 Å². The topological polar surface area (TPSA) is 32.3 Å². The number of anilines is 1. The van der Waals surface area contributed by atoms with E-state index in [1.807, 2.05) is 6.92 Å². The van der Waals surface area contributed by atoms with Crippen LogP contribution in [-0.2, 0) is 4.79 Å². The van der Waals surface area contributed by atoms with Gasteiger partial charge in [0.05, 0.1) is 11.7 Å². The second kappa shape index (κ2) is 6.75. The summed E-state index contributed by atoms with van der Waals surface area (Å²) in [5.74, 6) is 0.483. The largest absolute Gasteiger partial charge is 0.322 e. The SMILES string of the molecule is CC1CC(C)CN(C(C)C(=O)Nc2cc(Cl)ccc2F)C1. The van der Waals surface area contributed by atoms with Gasteiger partial charge in [0.25, 0.3) is 0 Å². The molecule has 21 heavy (non-hydrogen) atoms. The van der Waals surface area contributed by atoms with Gasteiger partial charge in [0, 0.05) is 18.1 Å². The van der Waals surface area contributed by atoms with Crippen LogP contribution < -0.4 is 5.32 Å². The standard InChI is InChI=1S/C16H22ClFN2O/c1-10-6-11(2)9-20(8-10)12(3)16(21)19-15-7-13(17)4-5-14(15)18/h4-5,7,10-12H,6,8-9H2,1-3H3,(H,19,21). The number of carbonyl (C=O) groups is 1. The van der Waals surface area contributed by atoms with Gasteiger partial charge in [-0.3, -0.25) is 9.69 Å². The summed E-state index contributed by atoms with van der Waals surface area (Å²) in [5, 5.41) is 3.04. The first-order valence-electron chi connectivity index (χ1n) is 7.36. The van der Waals surface area contributed by atoms with E-state index in [0.29, 0.717) is 16.9 Å². The summed E-state index contributed by atoms with van der Waals surface area (Å²) in [6.07, 6.45) is 1.19. The van der Waals surface area contributed by atoms with E-state index < -0.39 is 5.82 Å². The van der Waals surface area contributed by atoms with Gasteiger partial charge < -0.3 is 5.32 Å². The van der Waals surface area contributed by atoms with Crippen LogP contribution in [0, 0.1) is 17.7 Å². The van der Waals surface area contributed by atoms with Crippen LogP contribution in [0.1, 0.15) is 27.2 Å². The molecule has 1 aromatic carbocycles. The van der Waals surface area contributed by atoms with Crippen LogP contribution in [0.2, 0.25) is 5.02 Å². The highest BCUT2D eigenvalue weighted by atomic mass is 35.5. The summed E-state index contributed by atoms with van der Waals surface area (Å²) in [7, 11) is 0. The Kier molecular flexibility index (Phi) is 5.22. The van der Waals surface area contributed by atoms with Gasteiger partial charge in [-0.15, -0.1) is 0 Å². The van der Waals surface area contributed by atoms with E-state index >= 15 is 0 Å². The molecule has 1 aromatic rings. The number of hydrogen-bond donors (Lipinski definition) is 1. The van der Waals surface area contributed by atoms with Crippen molar-refractivity contribution in [2.75, 3.05) is 18.4 Å². The van der Waals surface area contributed by atoms with E-state index in [1.54, 1.807) is 0 Å². The number of likely N-dealkylation sites (tertiary alicyclic amines) is 1. The van der Waals surface area contributed by atoms with Crippen LogP contribution >= 0.6 is 11.6 Å². The molecule has 1 fully saturated rings. The first kappa shape index (κ1) is 16.2. The number of carbonyl (C=O) groups excluding carboxylic acids is 1. The summed E-state index contributed by atoms with van der Waals surface area (Å²) in [6.45, 7) is 8.06. The Morgan fingerprint density at radius 2 is 2.00 bits per heavy atom. The highest BCUT2D eigenvalue weighted by molar-refractivity contribution is 6.30. The van der Waals surface area contributed by atoms with E-state index in [0.717, 1.165) is 13.1 Å². The number of piperidine rings is 1. The molecule has 0 radical (unpaired) electrons. The Bertz CT molecular complexity index is 513. The van der Waals surface area contributed by atoms with Crippen molar-refractivity contribution in [1.29, 1.82) is 0 Å². The Balaban J connectivity index is 2.04. The summed E-state index contributed by atoms with van der Waals surface area (Å²) in [6, 6.07) is 3.87. The summed E-state index contributed by atoms with van der Waals surface area (Å²) in [4.78, 5) is 14.5. The van der Waals surface area contributed by atoms with E-state index in [2.05, 4.69) is 24.1 Å². The number of hydrogen-bond acceptors (Lipinski definition) is 2. The predicted octanol–water partition coefficient (Wildman–Crippen LogP) is 3.78. The molecule has 116 valence electrons.